The van der Waals surface area contributed by atoms with Crippen LogP contribution in [0.2, 0.25) is 0 Å². The van der Waals surface area contributed by atoms with Crippen LogP contribution >= 0.6 is 11.8 Å². The standard InChI is InChI=1S/C14H27NOS/c1-2-8-15-14(12-7-10-17-11-12)6-5-13-4-3-9-16-13/h12-15H,2-11H2,1H3. The Hall–Kier alpha value is 0.270. The van der Waals surface area contributed by atoms with Crippen molar-refractivity contribution >= 4 is 11.8 Å². The van der Waals surface area contributed by atoms with Crippen molar-refractivity contribution in [3.05, 3.63) is 0 Å². The molecule has 3 atom stereocenters. The van der Waals surface area contributed by atoms with Crippen LogP contribution in [0.3, 0.4) is 0 Å². The van der Waals surface area contributed by atoms with Gasteiger partial charge in [-0.1, -0.05) is 6.92 Å². The van der Waals surface area contributed by atoms with Gasteiger partial charge in [0.15, 0.2) is 0 Å². The van der Waals surface area contributed by atoms with Crippen LogP contribution in [0.15, 0.2) is 0 Å². The Morgan fingerprint density at radius 3 is 3.00 bits per heavy atom. The molecule has 3 unspecified atom stereocenters. The third-order valence-corrected chi connectivity index (χ3v) is 5.20. The number of ether oxygens (including phenoxy) is 1. The predicted molar refractivity (Wildman–Crippen MR) is 75.7 cm³/mol. The van der Waals surface area contributed by atoms with Crippen molar-refractivity contribution in [2.45, 2.75) is 57.6 Å². The Morgan fingerprint density at radius 1 is 1.41 bits per heavy atom. The topological polar surface area (TPSA) is 21.3 Å². The van der Waals surface area contributed by atoms with Crippen LogP contribution in [0.4, 0.5) is 0 Å². The summed E-state index contributed by atoms with van der Waals surface area (Å²) in [7, 11) is 0. The van der Waals surface area contributed by atoms with Crippen LogP contribution in [-0.2, 0) is 4.74 Å². The highest BCUT2D eigenvalue weighted by Gasteiger charge is 2.26. The SMILES string of the molecule is CCCNC(CCC1CCCO1)C1CCSC1. The molecule has 2 aliphatic heterocycles. The molecule has 2 fully saturated rings. The highest BCUT2D eigenvalue weighted by Crippen LogP contribution is 2.29. The molecular weight excluding hydrogens is 230 g/mol. The van der Waals surface area contributed by atoms with Crippen LogP contribution in [0.5, 0.6) is 0 Å². The van der Waals surface area contributed by atoms with Crippen molar-refractivity contribution in [2.75, 3.05) is 24.7 Å². The number of nitrogens with one attached hydrogen (secondary N) is 1. The van der Waals surface area contributed by atoms with Gasteiger partial charge in [-0.2, -0.15) is 11.8 Å². The van der Waals surface area contributed by atoms with E-state index in [1.54, 1.807) is 0 Å². The van der Waals surface area contributed by atoms with E-state index in [1.165, 1.54) is 56.6 Å². The van der Waals surface area contributed by atoms with E-state index in [0.29, 0.717) is 6.10 Å². The molecule has 100 valence electrons. The largest absolute Gasteiger partial charge is 0.378 e. The average Bonchev–Trinajstić information content (AvgIpc) is 3.01. The van der Waals surface area contributed by atoms with Crippen LogP contribution < -0.4 is 5.32 Å². The molecule has 0 aromatic rings. The van der Waals surface area contributed by atoms with Crippen LogP contribution in [0.1, 0.15) is 45.4 Å². The highest BCUT2D eigenvalue weighted by atomic mass is 32.2. The van der Waals surface area contributed by atoms with Crippen molar-refractivity contribution in [1.82, 2.24) is 5.32 Å². The first-order valence-electron chi connectivity index (χ1n) is 7.33. The minimum absolute atomic E-state index is 0.565. The van der Waals surface area contributed by atoms with E-state index in [0.717, 1.165) is 18.6 Å². The van der Waals surface area contributed by atoms with Crippen LogP contribution in [0, 0.1) is 5.92 Å². The lowest BCUT2D eigenvalue weighted by atomic mass is 9.93. The van der Waals surface area contributed by atoms with Gasteiger partial charge in [0.1, 0.15) is 0 Å². The van der Waals surface area contributed by atoms with Gasteiger partial charge in [0, 0.05) is 12.6 Å². The van der Waals surface area contributed by atoms with E-state index in [2.05, 4.69) is 24.0 Å². The Labute approximate surface area is 110 Å². The maximum absolute atomic E-state index is 5.74. The molecule has 0 aliphatic carbocycles. The molecule has 2 aliphatic rings. The summed E-state index contributed by atoms with van der Waals surface area (Å²) >= 11 is 2.13. The van der Waals surface area contributed by atoms with Crippen molar-refractivity contribution in [2.24, 2.45) is 5.92 Å². The maximum atomic E-state index is 5.74. The first-order valence-corrected chi connectivity index (χ1v) is 8.48. The molecule has 0 spiro atoms. The normalized spacial score (nSPS) is 30.9. The van der Waals surface area contributed by atoms with Gasteiger partial charge in [-0.25, -0.2) is 0 Å². The summed E-state index contributed by atoms with van der Waals surface area (Å²) in [4.78, 5) is 0. The molecular formula is C14H27NOS. The third kappa shape index (κ3) is 4.46. The molecule has 0 aromatic heterocycles. The number of hydrogen-bond donors (Lipinski definition) is 1. The molecule has 17 heavy (non-hydrogen) atoms. The summed E-state index contributed by atoms with van der Waals surface area (Å²) in [5.74, 6) is 3.65. The first kappa shape index (κ1) is 13.7. The smallest absolute Gasteiger partial charge is 0.0576 e. The van der Waals surface area contributed by atoms with Crippen molar-refractivity contribution in [1.29, 1.82) is 0 Å². The second-order valence-electron chi connectivity index (χ2n) is 5.40. The third-order valence-electron chi connectivity index (χ3n) is 4.01. The lowest BCUT2D eigenvalue weighted by Gasteiger charge is -2.25. The predicted octanol–water partition coefficient (Wildman–Crippen LogP) is 3.07. The molecule has 0 radical (unpaired) electrons. The lowest BCUT2D eigenvalue weighted by Crippen LogP contribution is -2.37. The summed E-state index contributed by atoms with van der Waals surface area (Å²) in [5, 5.41) is 3.77. The zero-order chi connectivity index (χ0) is 11.9. The molecule has 2 rings (SSSR count). The van der Waals surface area contributed by atoms with Crippen molar-refractivity contribution in [3.63, 3.8) is 0 Å². The summed E-state index contributed by atoms with van der Waals surface area (Å²) in [6.07, 6.45) is 8.37. The van der Waals surface area contributed by atoms with Gasteiger partial charge in [0.05, 0.1) is 6.10 Å². The quantitative estimate of drug-likeness (QED) is 0.757. The van der Waals surface area contributed by atoms with E-state index in [-0.39, 0.29) is 0 Å². The molecule has 2 nitrogen and oxygen atoms in total. The van der Waals surface area contributed by atoms with E-state index in [4.69, 9.17) is 4.74 Å². The fourth-order valence-corrected chi connectivity index (χ4v) is 4.28. The van der Waals surface area contributed by atoms with Crippen molar-refractivity contribution < 1.29 is 4.74 Å². The summed E-state index contributed by atoms with van der Waals surface area (Å²) < 4.78 is 5.74. The Kier molecular flexibility index (Phi) is 6.16. The highest BCUT2D eigenvalue weighted by molar-refractivity contribution is 7.99. The summed E-state index contributed by atoms with van der Waals surface area (Å²) in [6.45, 7) is 4.43. The minimum atomic E-state index is 0.565. The molecule has 3 heteroatoms. The van der Waals surface area contributed by atoms with E-state index in [1.807, 2.05) is 0 Å². The Bertz CT molecular complexity index is 200. The van der Waals surface area contributed by atoms with Gasteiger partial charge < -0.3 is 10.1 Å². The molecule has 0 bridgehead atoms. The van der Waals surface area contributed by atoms with E-state index >= 15 is 0 Å². The number of thioether (sulfide) groups is 1. The zero-order valence-corrected chi connectivity index (χ0v) is 11.9. The van der Waals surface area contributed by atoms with Gasteiger partial charge in [-0.3, -0.25) is 0 Å². The molecule has 1 N–H and O–H groups in total. The number of hydrogen-bond acceptors (Lipinski definition) is 3. The van der Waals surface area contributed by atoms with Crippen molar-refractivity contribution in [3.8, 4) is 0 Å². The van der Waals surface area contributed by atoms with Gasteiger partial charge in [-0.15, -0.1) is 0 Å². The fraction of sp³-hybridized carbons (Fsp3) is 1.00. The monoisotopic (exact) mass is 257 g/mol. The summed E-state index contributed by atoms with van der Waals surface area (Å²) in [6, 6.07) is 0.745. The summed E-state index contributed by atoms with van der Waals surface area (Å²) in [5.41, 5.74) is 0. The van der Waals surface area contributed by atoms with Gasteiger partial charge in [0.2, 0.25) is 0 Å². The lowest BCUT2D eigenvalue weighted by molar-refractivity contribution is 0.0976. The average molecular weight is 257 g/mol. The molecule has 0 amide bonds. The van der Waals surface area contributed by atoms with E-state index < -0.39 is 0 Å². The maximum Gasteiger partial charge on any atom is 0.0576 e. The van der Waals surface area contributed by atoms with Gasteiger partial charge in [0.25, 0.3) is 0 Å². The van der Waals surface area contributed by atoms with Gasteiger partial charge >= 0.3 is 0 Å². The Balaban J connectivity index is 1.72. The van der Waals surface area contributed by atoms with Crippen LogP contribution in [0.25, 0.3) is 0 Å². The molecule has 0 saturated carbocycles. The van der Waals surface area contributed by atoms with E-state index in [9.17, 15) is 0 Å². The van der Waals surface area contributed by atoms with Crippen LogP contribution in [-0.4, -0.2) is 36.8 Å². The Morgan fingerprint density at radius 2 is 2.35 bits per heavy atom. The number of rotatable bonds is 7. The minimum Gasteiger partial charge on any atom is -0.378 e. The molecule has 2 heterocycles. The first-order chi connectivity index (χ1) is 8.40. The second kappa shape index (κ2) is 7.65. The molecule has 0 aromatic carbocycles. The second-order valence-corrected chi connectivity index (χ2v) is 6.55. The zero-order valence-electron chi connectivity index (χ0n) is 11.1. The van der Waals surface area contributed by atoms with Gasteiger partial charge in [-0.05, 0) is 62.5 Å². The fourth-order valence-electron chi connectivity index (χ4n) is 2.94. The molecule has 2 saturated heterocycles.